The predicted octanol–water partition coefficient (Wildman–Crippen LogP) is 3.09. The van der Waals surface area contributed by atoms with Crippen molar-refractivity contribution in [3.05, 3.63) is 0 Å². The number of hydrogen-bond acceptors (Lipinski definition) is 2. The van der Waals surface area contributed by atoms with E-state index in [0.717, 1.165) is 6.42 Å². The van der Waals surface area contributed by atoms with Gasteiger partial charge in [-0.15, -0.1) is 0 Å². The first-order valence-corrected chi connectivity index (χ1v) is 5.58. The molecule has 1 rings (SSSR count). The smallest absolute Gasteiger partial charge is 0.408 e. The highest BCUT2D eigenvalue weighted by atomic mass is 19.3. The summed E-state index contributed by atoms with van der Waals surface area (Å²) in [5.74, 6) is -2.81. The lowest BCUT2D eigenvalue weighted by molar-refractivity contribution is -0.0652. The standard InChI is InChI=1S/C11H19F2NO2/c1-10(2,3)16-9(15)14-8-6-4-5-7-11(8,12)13/h8H,4-7H2,1-3H3,(H,14,15). The van der Waals surface area contributed by atoms with Crippen molar-refractivity contribution < 1.29 is 18.3 Å². The van der Waals surface area contributed by atoms with Crippen LogP contribution in [0.1, 0.15) is 46.5 Å². The van der Waals surface area contributed by atoms with Crippen LogP contribution in [0.25, 0.3) is 0 Å². The first-order valence-electron chi connectivity index (χ1n) is 5.58. The minimum absolute atomic E-state index is 0.159. The van der Waals surface area contributed by atoms with E-state index in [4.69, 9.17) is 4.74 Å². The van der Waals surface area contributed by atoms with Gasteiger partial charge in [-0.1, -0.05) is 6.42 Å². The normalized spacial score (nSPS) is 24.9. The Bertz CT molecular complexity index is 261. The Morgan fingerprint density at radius 3 is 2.50 bits per heavy atom. The van der Waals surface area contributed by atoms with E-state index in [0.29, 0.717) is 12.8 Å². The Kier molecular flexibility index (Phi) is 3.76. The Balaban J connectivity index is 2.49. The maximum absolute atomic E-state index is 13.4. The average molecular weight is 235 g/mol. The van der Waals surface area contributed by atoms with Gasteiger partial charge >= 0.3 is 6.09 Å². The van der Waals surface area contributed by atoms with Crippen LogP contribution < -0.4 is 5.32 Å². The van der Waals surface area contributed by atoms with Crippen molar-refractivity contribution in [2.45, 2.75) is 64.0 Å². The van der Waals surface area contributed by atoms with Crippen LogP contribution in [0, 0.1) is 0 Å². The maximum Gasteiger partial charge on any atom is 0.408 e. The van der Waals surface area contributed by atoms with Gasteiger partial charge in [-0.3, -0.25) is 0 Å². The number of rotatable bonds is 1. The second kappa shape index (κ2) is 4.55. The molecule has 0 bridgehead atoms. The molecule has 1 saturated carbocycles. The topological polar surface area (TPSA) is 38.3 Å². The molecule has 94 valence electrons. The fourth-order valence-corrected chi connectivity index (χ4v) is 1.72. The van der Waals surface area contributed by atoms with Gasteiger partial charge < -0.3 is 10.1 Å². The predicted molar refractivity (Wildman–Crippen MR) is 56.6 cm³/mol. The molecular formula is C11H19F2NO2. The molecule has 1 unspecified atom stereocenters. The minimum Gasteiger partial charge on any atom is -0.444 e. The van der Waals surface area contributed by atoms with E-state index in [1.807, 2.05) is 0 Å². The molecule has 0 spiro atoms. The molecular weight excluding hydrogens is 216 g/mol. The first kappa shape index (κ1) is 13.2. The zero-order valence-electron chi connectivity index (χ0n) is 9.98. The third kappa shape index (κ3) is 3.94. The van der Waals surface area contributed by atoms with Crippen molar-refractivity contribution >= 4 is 6.09 Å². The largest absolute Gasteiger partial charge is 0.444 e. The van der Waals surface area contributed by atoms with Gasteiger partial charge in [0.05, 0.1) is 6.04 Å². The summed E-state index contributed by atoms with van der Waals surface area (Å²) in [6.07, 6.45) is 0.619. The van der Waals surface area contributed by atoms with E-state index in [1.54, 1.807) is 20.8 Å². The highest BCUT2D eigenvalue weighted by molar-refractivity contribution is 5.68. The maximum atomic E-state index is 13.4. The van der Waals surface area contributed by atoms with E-state index in [2.05, 4.69) is 5.32 Å². The molecule has 1 aliphatic rings. The number of halogens is 2. The lowest BCUT2D eigenvalue weighted by Gasteiger charge is -2.32. The third-order valence-electron chi connectivity index (χ3n) is 2.45. The SMILES string of the molecule is CC(C)(C)OC(=O)NC1CCCCC1(F)F. The Hall–Kier alpha value is -0.870. The van der Waals surface area contributed by atoms with Gasteiger partial charge in [0.15, 0.2) is 0 Å². The highest BCUT2D eigenvalue weighted by Crippen LogP contribution is 2.33. The summed E-state index contributed by atoms with van der Waals surface area (Å²) in [5.41, 5.74) is -0.659. The van der Waals surface area contributed by atoms with Gasteiger partial charge in [0.25, 0.3) is 5.92 Å². The molecule has 0 aromatic heterocycles. The molecule has 5 heteroatoms. The van der Waals surface area contributed by atoms with Gasteiger partial charge in [-0.05, 0) is 33.6 Å². The van der Waals surface area contributed by atoms with Crippen LogP contribution in [-0.2, 0) is 4.74 Å². The molecule has 0 heterocycles. The van der Waals surface area contributed by atoms with Crippen LogP contribution in [0.2, 0.25) is 0 Å². The molecule has 1 aliphatic carbocycles. The van der Waals surface area contributed by atoms with Crippen molar-refractivity contribution in [3.8, 4) is 0 Å². The summed E-state index contributed by atoms with van der Waals surface area (Å²) in [7, 11) is 0. The van der Waals surface area contributed by atoms with Gasteiger partial charge in [0.2, 0.25) is 0 Å². The summed E-state index contributed by atoms with van der Waals surface area (Å²) in [6.45, 7) is 5.10. The Labute approximate surface area is 94.5 Å². The minimum atomic E-state index is -2.81. The quantitative estimate of drug-likeness (QED) is 0.758. The molecule has 0 radical (unpaired) electrons. The molecule has 1 atom stereocenters. The third-order valence-corrected chi connectivity index (χ3v) is 2.45. The zero-order chi connectivity index (χ0) is 12.4. The number of hydrogen-bond donors (Lipinski definition) is 1. The Morgan fingerprint density at radius 1 is 1.38 bits per heavy atom. The van der Waals surface area contributed by atoms with E-state index >= 15 is 0 Å². The van der Waals surface area contributed by atoms with Crippen LogP contribution in [0.3, 0.4) is 0 Å². The first-order chi connectivity index (χ1) is 7.21. The summed E-state index contributed by atoms with van der Waals surface area (Å²) in [6, 6.07) is -1.09. The molecule has 1 fully saturated rings. The van der Waals surface area contributed by atoms with E-state index in [-0.39, 0.29) is 6.42 Å². The van der Waals surface area contributed by atoms with Gasteiger partial charge in [-0.2, -0.15) is 0 Å². The average Bonchev–Trinajstić information content (AvgIpc) is 2.05. The second-order valence-corrected chi connectivity index (χ2v) is 5.21. The van der Waals surface area contributed by atoms with Crippen LogP contribution >= 0.6 is 0 Å². The lowest BCUT2D eigenvalue weighted by Crippen LogP contribution is -2.50. The van der Waals surface area contributed by atoms with Gasteiger partial charge in [-0.25, -0.2) is 13.6 Å². The van der Waals surface area contributed by atoms with Crippen LogP contribution in [0.4, 0.5) is 13.6 Å². The van der Waals surface area contributed by atoms with Crippen LogP contribution in [-0.4, -0.2) is 23.7 Å². The number of carbonyl (C=O) groups excluding carboxylic acids is 1. The lowest BCUT2D eigenvalue weighted by atomic mass is 9.92. The fourth-order valence-electron chi connectivity index (χ4n) is 1.72. The Morgan fingerprint density at radius 2 is 2.00 bits per heavy atom. The van der Waals surface area contributed by atoms with E-state index in [1.165, 1.54) is 0 Å². The van der Waals surface area contributed by atoms with Crippen molar-refractivity contribution in [1.82, 2.24) is 5.32 Å². The molecule has 0 aromatic rings. The number of carbonyl (C=O) groups is 1. The number of alkyl carbamates (subject to hydrolysis) is 1. The summed E-state index contributed by atoms with van der Waals surface area (Å²) in [4.78, 5) is 11.3. The monoisotopic (exact) mass is 235 g/mol. The number of amides is 1. The number of ether oxygens (including phenoxy) is 1. The van der Waals surface area contributed by atoms with Crippen molar-refractivity contribution in [1.29, 1.82) is 0 Å². The number of alkyl halides is 2. The van der Waals surface area contributed by atoms with E-state index < -0.39 is 23.7 Å². The molecule has 16 heavy (non-hydrogen) atoms. The summed E-state index contributed by atoms with van der Waals surface area (Å²) in [5, 5.41) is 2.25. The second-order valence-electron chi connectivity index (χ2n) is 5.21. The highest BCUT2D eigenvalue weighted by Gasteiger charge is 2.42. The van der Waals surface area contributed by atoms with Gasteiger partial charge in [0, 0.05) is 6.42 Å². The molecule has 1 N–H and O–H groups in total. The van der Waals surface area contributed by atoms with E-state index in [9.17, 15) is 13.6 Å². The molecule has 0 aromatic carbocycles. The van der Waals surface area contributed by atoms with Crippen LogP contribution in [0.15, 0.2) is 0 Å². The molecule has 0 saturated heterocycles. The van der Waals surface area contributed by atoms with Crippen molar-refractivity contribution in [2.75, 3.05) is 0 Å². The van der Waals surface area contributed by atoms with Crippen molar-refractivity contribution in [2.24, 2.45) is 0 Å². The zero-order valence-corrected chi connectivity index (χ0v) is 9.98. The molecule has 1 amide bonds. The van der Waals surface area contributed by atoms with Gasteiger partial charge in [0.1, 0.15) is 5.60 Å². The fraction of sp³-hybridized carbons (Fsp3) is 0.909. The summed E-state index contributed by atoms with van der Waals surface area (Å²) >= 11 is 0. The van der Waals surface area contributed by atoms with Crippen LogP contribution in [0.5, 0.6) is 0 Å². The molecule has 0 aliphatic heterocycles. The van der Waals surface area contributed by atoms with Crippen molar-refractivity contribution in [3.63, 3.8) is 0 Å². The molecule has 3 nitrogen and oxygen atoms in total. The summed E-state index contributed by atoms with van der Waals surface area (Å²) < 4.78 is 31.7. The number of nitrogens with one attached hydrogen (secondary N) is 1.